The second kappa shape index (κ2) is 5.67. The number of β-amino-alcohol motifs (C(OH)–C–C–N with tert-alkyl or cyclic N) is 1. The fourth-order valence-electron chi connectivity index (χ4n) is 2.95. The summed E-state index contributed by atoms with van der Waals surface area (Å²) in [6.07, 6.45) is 8.60. The van der Waals surface area contributed by atoms with Crippen molar-refractivity contribution in [2.24, 2.45) is 5.92 Å². The number of aliphatic hydroxyl groups is 1. The number of hydrogen-bond donors (Lipinski definition) is 1. The highest BCUT2D eigenvalue weighted by atomic mass is 16.3. The third kappa shape index (κ3) is 2.97. The molecule has 1 saturated heterocycles. The summed E-state index contributed by atoms with van der Waals surface area (Å²) >= 11 is 0. The summed E-state index contributed by atoms with van der Waals surface area (Å²) < 4.78 is 0. The highest BCUT2D eigenvalue weighted by Gasteiger charge is 2.26. The van der Waals surface area contributed by atoms with E-state index in [1.165, 1.54) is 19.3 Å². The molecule has 3 nitrogen and oxygen atoms in total. The van der Waals surface area contributed by atoms with Crippen molar-refractivity contribution in [2.45, 2.75) is 57.5 Å². The molecule has 92 valence electrons. The van der Waals surface area contributed by atoms with Gasteiger partial charge in [-0.2, -0.15) is 0 Å². The summed E-state index contributed by atoms with van der Waals surface area (Å²) in [6.45, 7) is 1.42. The van der Waals surface area contributed by atoms with Crippen molar-refractivity contribution in [3.05, 3.63) is 0 Å². The van der Waals surface area contributed by atoms with E-state index < -0.39 is 0 Å². The van der Waals surface area contributed by atoms with Gasteiger partial charge in [0, 0.05) is 19.5 Å². The summed E-state index contributed by atoms with van der Waals surface area (Å²) in [4.78, 5) is 13.5. The number of nitrogens with zero attached hydrogens (tertiary/aromatic N) is 1. The second-order valence-electron chi connectivity index (χ2n) is 5.26. The third-order valence-electron chi connectivity index (χ3n) is 4.02. The number of piperidine rings is 1. The Morgan fingerprint density at radius 3 is 2.62 bits per heavy atom. The smallest absolute Gasteiger partial charge is 0.222 e. The van der Waals surface area contributed by atoms with Crippen molar-refractivity contribution < 1.29 is 9.90 Å². The Kier molecular flexibility index (Phi) is 4.22. The average Bonchev–Trinajstić information content (AvgIpc) is 2.33. The Morgan fingerprint density at radius 2 is 1.94 bits per heavy atom. The van der Waals surface area contributed by atoms with Crippen LogP contribution in [0.2, 0.25) is 0 Å². The number of carbonyl (C=O) groups is 1. The van der Waals surface area contributed by atoms with Crippen LogP contribution >= 0.6 is 0 Å². The normalized spacial score (nSPS) is 25.8. The van der Waals surface area contributed by atoms with Gasteiger partial charge in [-0.25, -0.2) is 0 Å². The van der Waals surface area contributed by atoms with E-state index in [0.717, 1.165) is 32.2 Å². The zero-order valence-corrected chi connectivity index (χ0v) is 10.0. The molecule has 1 atom stereocenters. The fourth-order valence-corrected chi connectivity index (χ4v) is 2.95. The molecule has 1 aliphatic carbocycles. The number of carbonyl (C=O) groups excluding carboxylic acids is 1. The first-order valence-electron chi connectivity index (χ1n) is 6.73. The maximum atomic E-state index is 11.6. The first-order chi connectivity index (χ1) is 7.77. The highest BCUT2D eigenvalue weighted by molar-refractivity contribution is 5.76. The van der Waals surface area contributed by atoms with Gasteiger partial charge in [-0.3, -0.25) is 4.79 Å². The Hall–Kier alpha value is -0.570. The Balaban J connectivity index is 1.80. The maximum Gasteiger partial charge on any atom is 0.222 e. The zero-order chi connectivity index (χ0) is 11.4. The summed E-state index contributed by atoms with van der Waals surface area (Å²) in [5.74, 6) is 0.671. The molecule has 0 spiro atoms. The van der Waals surface area contributed by atoms with E-state index in [4.69, 9.17) is 0 Å². The van der Waals surface area contributed by atoms with Crippen LogP contribution in [0.25, 0.3) is 0 Å². The van der Waals surface area contributed by atoms with Crippen LogP contribution in [0.1, 0.15) is 51.4 Å². The van der Waals surface area contributed by atoms with Crippen molar-refractivity contribution in [1.82, 2.24) is 4.90 Å². The summed E-state index contributed by atoms with van der Waals surface area (Å²) in [5, 5.41) is 10.2. The van der Waals surface area contributed by atoms with Crippen LogP contribution in [0.4, 0.5) is 0 Å². The van der Waals surface area contributed by atoms with E-state index in [2.05, 4.69) is 0 Å². The molecule has 1 N–H and O–H groups in total. The number of hydrogen-bond acceptors (Lipinski definition) is 2. The van der Waals surface area contributed by atoms with Crippen molar-refractivity contribution in [1.29, 1.82) is 0 Å². The van der Waals surface area contributed by atoms with E-state index in [0.29, 0.717) is 18.9 Å². The van der Waals surface area contributed by atoms with Crippen molar-refractivity contribution in [3.63, 3.8) is 0 Å². The molecule has 2 aliphatic rings. The van der Waals surface area contributed by atoms with Crippen molar-refractivity contribution in [3.8, 4) is 0 Å². The van der Waals surface area contributed by atoms with E-state index in [1.807, 2.05) is 4.90 Å². The van der Waals surface area contributed by atoms with Gasteiger partial charge >= 0.3 is 0 Å². The minimum Gasteiger partial charge on any atom is -0.391 e. The molecule has 0 aromatic rings. The van der Waals surface area contributed by atoms with E-state index >= 15 is 0 Å². The van der Waals surface area contributed by atoms with Gasteiger partial charge in [0.25, 0.3) is 0 Å². The van der Waals surface area contributed by atoms with E-state index in [-0.39, 0.29) is 12.0 Å². The number of amides is 1. The van der Waals surface area contributed by atoms with Gasteiger partial charge in [0.2, 0.25) is 5.91 Å². The molecule has 0 bridgehead atoms. The van der Waals surface area contributed by atoms with E-state index in [9.17, 15) is 9.90 Å². The molecule has 2 fully saturated rings. The standard InChI is InChI=1S/C13H23NO2/c15-12(11-6-2-1-3-7-11)10-14-9-5-4-8-13(14)16/h11-12,15H,1-10H2. The van der Waals surface area contributed by atoms with Crippen LogP contribution in [0.5, 0.6) is 0 Å². The van der Waals surface area contributed by atoms with Gasteiger partial charge in [0.15, 0.2) is 0 Å². The Bertz CT molecular complexity index is 236. The van der Waals surface area contributed by atoms with Gasteiger partial charge in [-0.05, 0) is 31.6 Å². The first kappa shape index (κ1) is 11.9. The average molecular weight is 225 g/mol. The third-order valence-corrected chi connectivity index (χ3v) is 4.02. The quantitative estimate of drug-likeness (QED) is 0.797. The maximum absolute atomic E-state index is 11.6. The molecule has 16 heavy (non-hydrogen) atoms. The summed E-state index contributed by atoms with van der Waals surface area (Å²) in [6, 6.07) is 0. The van der Waals surface area contributed by atoms with Gasteiger partial charge < -0.3 is 10.0 Å². The van der Waals surface area contributed by atoms with Crippen LogP contribution in [0.3, 0.4) is 0 Å². The van der Waals surface area contributed by atoms with Gasteiger partial charge in [-0.15, -0.1) is 0 Å². The van der Waals surface area contributed by atoms with Crippen LogP contribution in [-0.2, 0) is 4.79 Å². The predicted molar refractivity (Wildman–Crippen MR) is 63.0 cm³/mol. The minimum absolute atomic E-state index is 0.237. The molecule has 1 heterocycles. The van der Waals surface area contributed by atoms with Crippen LogP contribution in [0, 0.1) is 5.92 Å². The monoisotopic (exact) mass is 225 g/mol. The number of likely N-dealkylation sites (tertiary alicyclic amines) is 1. The fraction of sp³-hybridized carbons (Fsp3) is 0.923. The molecule has 1 unspecified atom stereocenters. The Morgan fingerprint density at radius 1 is 1.19 bits per heavy atom. The van der Waals surface area contributed by atoms with Crippen LogP contribution < -0.4 is 0 Å². The molecule has 0 aromatic carbocycles. The van der Waals surface area contributed by atoms with E-state index in [1.54, 1.807) is 0 Å². The highest BCUT2D eigenvalue weighted by Crippen LogP contribution is 2.27. The van der Waals surface area contributed by atoms with Gasteiger partial charge in [-0.1, -0.05) is 19.3 Å². The molecule has 1 saturated carbocycles. The van der Waals surface area contributed by atoms with Gasteiger partial charge in [0.05, 0.1) is 6.10 Å². The zero-order valence-electron chi connectivity index (χ0n) is 10.0. The molecular weight excluding hydrogens is 202 g/mol. The summed E-state index contributed by atoms with van der Waals surface area (Å²) in [5.41, 5.74) is 0. The molecule has 0 radical (unpaired) electrons. The van der Waals surface area contributed by atoms with Gasteiger partial charge in [0.1, 0.15) is 0 Å². The molecule has 0 aromatic heterocycles. The van der Waals surface area contributed by atoms with Crippen LogP contribution in [-0.4, -0.2) is 35.1 Å². The SMILES string of the molecule is O=C1CCCCN1CC(O)C1CCCCC1. The number of rotatable bonds is 3. The first-order valence-corrected chi connectivity index (χ1v) is 6.73. The lowest BCUT2D eigenvalue weighted by atomic mass is 9.85. The lowest BCUT2D eigenvalue weighted by Gasteiger charge is -2.33. The van der Waals surface area contributed by atoms with Crippen molar-refractivity contribution >= 4 is 5.91 Å². The lowest BCUT2D eigenvalue weighted by Crippen LogP contribution is -2.43. The number of aliphatic hydroxyl groups excluding tert-OH is 1. The predicted octanol–water partition coefficient (Wildman–Crippen LogP) is 1.94. The largest absolute Gasteiger partial charge is 0.391 e. The Labute approximate surface area is 97.8 Å². The topological polar surface area (TPSA) is 40.5 Å². The molecule has 1 amide bonds. The molecule has 1 aliphatic heterocycles. The lowest BCUT2D eigenvalue weighted by molar-refractivity contribution is -0.135. The minimum atomic E-state index is -0.289. The van der Waals surface area contributed by atoms with Crippen LogP contribution in [0.15, 0.2) is 0 Å². The molecular formula is C13H23NO2. The molecule has 3 heteroatoms. The summed E-state index contributed by atoms with van der Waals surface area (Å²) in [7, 11) is 0. The second-order valence-corrected chi connectivity index (χ2v) is 5.26. The van der Waals surface area contributed by atoms with Crippen molar-refractivity contribution in [2.75, 3.05) is 13.1 Å². The molecule has 2 rings (SSSR count).